The van der Waals surface area contributed by atoms with E-state index in [2.05, 4.69) is 21.2 Å². The molecule has 1 aromatic carbocycles. The lowest BCUT2D eigenvalue weighted by Gasteiger charge is -2.12. The van der Waals surface area contributed by atoms with Crippen molar-refractivity contribution in [3.8, 4) is 5.75 Å². The van der Waals surface area contributed by atoms with Crippen molar-refractivity contribution in [1.82, 2.24) is 5.32 Å². The SMILES string of the molecule is CNC(=O)CCCOc1c(Br)cccc1CCN. The van der Waals surface area contributed by atoms with Crippen LogP contribution in [0.2, 0.25) is 0 Å². The van der Waals surface area contributed by atoms with E-state index < -0.39 is 0 Å². The number of carbonyl (C=O) groups is 1. The van der Waals surface area contributed by atoms with Crippen LogP contribution in [0, 0.1) is 0 Å². The Balaban J connectivity index is 2.52. The van der Waals surface area contributed by atoms with E-state index >= 15 is 0 Å². The van der Waals surface area contributed by atoms with Crippen LogP contribution in [-0.2, 0) is 11.2 Å². The molecule has 0 bridgehead atoms. The Kier molecular flexibility index (Phi) is 6.75. The zero-order chi connectivity index (χ0) is 13.4. The molecule has 1 aromatic rings. The molecule has 0 atom stereocenters. The molecule has 0 aliphatic rings. The first-order valence-corrected chi connectivity index (χ1v) is 6.79. The lowest BCUT2D eigenvalue weighted by molar-refractivity contribution is -0.120. The summed E-state index contributed by atoms with van der Waals surface area (Å²) < 4.78 is 6.66. The minimum Gasteiger partial charge on any atom is -0.492 e. The maximum absolute atomic E-state index is 11.1. The smallest absolute Gasteiger partial charge is 0.219 e. The Bertz CT molecular complexity index is 397. The molecular formula is C13H19BrN2O2. The number of rotatable bonds is 7. The summed E-state index contributed by atoms with van der Waals surface area (Å²) in [5.41, 5.74) is 6.66. The number of ether oxygens (including phenoxy) is 1. The third-order valence-electron chi connectivity index (χ3n) is 2.54. The predicted octanol–water partition coefficient (Wildman–Crippen LogP) is 1.86. The summed E-state index contributed by atoms with van der Waals surface area (Å²) in [6, 6.07) is 5.91. The first-order valence-electron chi connectivity index (χ1n) is 6.00. The second-order valence-corrected chi connectivity index (χ2v) is 4.75. The Morgan fingerprint density at radius 1 is 1.50 bits per heavy atom. The second-order valence-electron chi connectivity index (χ2n) is 3.89. The average molecular weight is 315 g/mol. The van der Waals surface area contributed by atoms with E-state index in [-0.39, 0.29) is 5.91 Å². The molecule has 0 heterocycles. The van der Waals surface area contributed by atoms with Gasteiger partial charge < -0.3 is 15.8 Å². The number of hydrogen-bond donors (Lipinski definition) is 2. The summed E-state index contributed by atoms with van der Waals surface area (Å²) in [7, 11) is 1.64. The number of nitrogens with two attached hydrogens (primary N) is 1. The number of halogens is 1. The molecule has 0 saturated carbocycles. The maximum Gasteiger partial charge on any atom is 0.219 e. The Hall–Kier alpha value is -1.07. The highest BCUT2D eigenvalue weighted by Crippen LogP contribution is 2.29. The van der Waals surface area contributed by atoms with E-state index in [1.807, 2.05) is 18.2 Å². The van der Waals surface area contributed by atoms with Crippen molar-refractivity contribution in [1.29, 1.82) is 0 Å². The fourth-order valence-electron chi connectivity index (χ4n) is 1.60. The fourth-order valence-corrected chi connectivity index (χ4v) is 2.12. The molecule has 0 aliphatic heterocycles. The highest BCUT2D eigenvalue weighted by molar-refractivity contribution is 9.10. The molecule has 1 amide bonds. The van der Waals surface area contributed by atoms with Gasteiger partial charge in [-0.05, 0) is 46.9 Å². The van der Waals surface area contributed by atoms with Gasteiger partial charge in [0.2, 0.25) is 5.91 Å². The third kappa shape index (κ3) is 4.66. The van der Waals surface area contributed by atoms with Gasteiger partial charge in [0.05, 0.1) is 11.1 Å². The summed E-state index contributed by atoms with van der Waals surface area (Å²) in [5.74, 6) is 0.868. The van der Waals surface area contributed by atoms with E-state index in [0.717, 1.165) is 22.2 Å². The van der Waals surface area contributed by atoms with Crippen LogP contribution in [0.5, 0.6) is 5.75 Å². The number of hydrogen-bond acceptors (Lipinski definition) is 3. The largest absolute Gasteiger partial charge is 0.492 e. The molecule has 100 valence electrons. The zero-order valence-corrected chi connectivity index (χ0v) is 12.1. The van der Waals surface area contributed by atoms with Gasteiger partial charge in [0.1, 0.15) is 5.75 Å². The molecule has 0 radical (unpaired) electrons. The first kappa shape index (κ1) is 15.0. The number of amides is 1. The van der Waals surface area contributed by atoms with Gasteiger partial charge in [0.15, 0.2) is 0 Å². The topological polar surface area (TPSA) is 64.3 Å². The summed E-state index contributed by atoms with van der Waals surface area (Å²) >= 11 is 3.47. The van der Waals surface area contributed by atoms with Crippen molar-refractivity contribution in [3.05, 3.63) is 28.2 Å². The van der Waals surface area contributed by atoms with E-state index in [4.69, 9.17) is 10.5 Å². The average Bonchev–Trinajstić information content (AvgIpc) is 2.37. The van der Waals surface area contributed by atoms with Crippen molar-refractivity contribution in [2.45, 2.75) is 19.3 Å². The molecule has 1 rings (SSSR count). The molecule has 0 spiro atoms. The van der Waals surface area contributed by atoms with Crippen molar-refractivity contribution in [3.63, 3.8) is 0 Å². The van der Waals surface area contributed by atoms with Gasteiger partial charge in [0.25, 0.3) is 0 Å². The Labute approximate surface area is 116 Å². The van der Waals surface area contributed by atoms with E-state index in [9.17, 15) is 4.79 Å². The maximum atomic E-state index is 11.1. The van der Waals surface area contributed by atoms with Gasteiger partial charge in [-0.2, -0.15) is 0 Å². The standard InChI is InChI=1S/C13H19BrN2O2/c1-16-12(17)6-3-9-18-13-10(7-8-15)4-2-5-11(13)14/h2,4-5H,3,6-9,15H2,1H3,(H,16,17). The minimum atomic E-state index is 0.0351. The molecule has 18 heavy (non-hydrogen) atoms. The number of para-hydroxylation sites is 1. The van der Waals surface area contributed by atoms with Crippen molar-refractivity contribution in [2.24, 2.45) is 5.73 Å². The molecular weight excluding hydrogens is 296 g/mol. The third-order valence-corrected chi connectivity index (χ3v) is 3.16. The van der Waals surface area contributed by atoms with Crippen molar-refractivity contribution in [2.75, 3.05) is 20.2 Å². The molecule has 3 N–H and O–H groups in total. The van der Waals surface area contributed by atoms with E-state index in [1.54, 1.807) is 7.05 Å². The quantitative estimate of drug-likeness (QED) is 0.755. The van der Waals surface area contributed by atoms with Crippen LogP contribution in [0.25, 0.3) is 0 Å². The summed E-state index contributed by atoms with van der Waals surface area (Å²) in [6.45, 7) is 1.11. The molecule has 0 aromatic heterocycles. The van der Waals surface area contributed by atoms with Crippen LogP contribution < -0.4 is 15.8 Å². The number of nitrogens with one attached hydrogen (secondary N) is 1. The fraction of sp³-hybridized carbons (Fsp3) is 0.462. The predicted molar refractivity (Wildman–Crippen MR) is 75.7 cm³/mol. The van der Waals surface area contributed by atoms with Crippen LogP contribution in [-0.4, -0.2) is 26.1 Å². The number of carbonyl (C=O) groups excluding carboxylic acids is 1. The molecule has 4 nitrogen and oxygen atoms in total. The van der Waals surface area contributed by atoms with Gasteiger partial charge in [-0.1, -0.05) is 12.1 Å². The second kappa shape index (κ2) is 8.11. The van der Waals surface area contributed by atoms with Gasteiger partial charge in [-0.15, -0.1) is 0 Å². The van der Waals surface area contributed by atoms with Gasteiger partial charge in [-0.25, -0.2) is 0 Å². The number of benzene rings is 1. The van der Waals surface area contributed by atoms with Crippen LogP contribution in [0.15, 0.2) is 22.7 Å². The Morgan fingerprint density at radius 2 is 2.28 bits per heavy atom. The van der Waals surface area contributed by atoms with Gasteiger partial charge in [-0.3, -0.25) is 4.79 Å². The highest BCUT2D eigenvalue weighted by atomic mass is 79.9. The van der Waals surface area contributed by atoms with Crippen LogP contribution in [0.4, 0.5) is 0 Å². The van der Waals surface area contributed by atoms with Gasteiger partial charge >= 0.3 is 0 Å². The summed E-state index contributed by atoms with van der Waals surface area (Å²) in [6.07, 6.45) is 1.96. The van der Waals surface area contributed by atoms with Crippen LogP contribution >= 0.6 is 15.9 Å². The van der Waals surface area contributed by atoms with Crippen molar-refractivity contribution >= 4 is 21.8 Å². The van der Waals surface area contributed by atoms with Gasteiger partial charge in [0, 0.05) is 13.5 Å². The van der Waals surface area contributed by atoms with Crippen molar-refractivity contribution < 1.29 is 9.53 Å². The zero-order valence-electron chi connectivity index (χ0n) is 10.5. The lowest BCUT2D eigenvalue weighted by atomic mass is 10.1. The lowest BCUT2D eigenvalue weighted by Crippen LogP contribution is -2.18. The molecule has 0 saturated heterocycles. The van der Waals surface area contributed by atoms with E-state index in [0.29, 0.717) is 26.0 Å². The molecule has 5 heteroatoms. The highest BCUT2D eigenvalue weighted by Gasteiger charge is 2.07. The monoisotopic (exact) mass is 314 g/mol. The molecule has 0 unspecified atom stereocenters. The molecule has 0 fully saturated rings. The molecule has 0 aliphatic carbocycles. The summed E-state index contributed by atoms with van der Waals surface area (Å²) in [5, 5.41) is 2.59. The van der Waals surface area contributed by atoms with E-state index in [1.165, 1.54) is 0 Å². The van der Waals surface area contributed by atoms with Crippen LogP contribution in [0.3, 0.4) is 0 Å². The normalized spacial score (nSPS) is 10.2. The first-order chi connectivity index (χ1) is 8.69. The van der Waals surface area contributed by atoms with Crippen LogP contribution in [0.1, 0.15) is 18.4 Å². The minimum absolute atomic E-state index is 0.0351. The Morgan fingerprint density at radius 3 is 2.94 bits per heavy atom. The summed E-state index contributed by atoms with van der Waals surface area (Å²) in [4.78, 5) is 11.1.